The van der Waals surface area contributed by atoms with Gasteiger partial charge in [0.15, 0.2) is 22.5 Å². The normalized spacial score (nSPS) is 11.5. The molecule has 4 rings (SSSR count). The summed E-state index contributed by atoms with van der Waals surface area (Å²) in [6.45, 7) is 8.60. The third-order valence-electron chi connectivity index (χ3n) is 6.36. The SMILES string of the molecule is COc1cc(/C=N\NC(=O)CSc2nnc(-c3ccc(C(C)(C)C)cc3)n2-c2ccc(C)cc2)cc(OC)c1OC. The number of amides is 1. The van der Waals surface area contributed by atoms with Crippen LogP contribution in [0.15, 0.2) is 70.9 Å². The van der Waals surface area contributed by atoms with Gasteiger partial charge in [0.25, 0.3) is 5.91 Å². The van der Waals surface area contributed by atoms with E-state index >= 15 is 0 Å². The van der Waals surface area contributed by atoms with Crippen molar-refractivity contribution in [1.29, 1.82) is 0 Å². The zero-order valence-electron chi connectivity index (χ0n) is 24.4. The number of nitrogens with zero attached hydrogens (tertiary/aromatic N) is 4. The molecule has 0 radical (unpaired) electrons. The number of rotatable bonds is 10. The van der Waals surface area contributed by atoms with Gasteiger partial charge < -0.3 is 14.2 Å². The fraction of sp³-hybridized carbons (Fsp3) is 0.290. The van der Waals surface area contributed by atoms with Crippen molar-refractivity contribution in [3.63, 3.8) is 0 Å². The fourth-order valence-electron chi connectivity index (χ4n) is 4.11. The van der Waals surface area contributed by atoms with Crippen LogP contribution in [-0.4, -0.2) is 54.0 Å². The maximum Gasteiger partial charge on any atom is 0.250 e. The molecule has 1 amide bonds. The average Bonchev–Trinajstić information content (AvgIpc) is 3.39. The Morgan fingerprint density at radius 2 is 1.59 bits per heavy atom. The van der Waals surface area contributed by atoms with E-state index in [1.54, 1.807) is 26.4 Å². The number of ether oxygens (including phenoxy) is 3. The first kappa shape index (κ1) is 29.7. The zero-order valence-corrected chi connectivity index (χ0v) is 25.2. The highest BCUT2D eigenvalue weighted by Gasteiger charge is 2.19. The molecule has 1 aromatic heterocycles. The Kier molecular flexibility index (Phi) is 9.34. The first-order valence-electron chi connectivity index (χ1n) is 13.0. The van der Waals surface area contributed by atoms with Crippen LogP contribution in [0.1, 0.15) is 37.5 Å². The van der Waals surface area contributed by atoms with E-state index in [-0.39, 0.29) is 17.1 Å². The summed E-state index contributed by atoms with van der Waals surface area (Å²) in [4.78, 5) is 12.7. The van der Waals surface area contributed by atoms with E-state index in [2.05, 4.69) is 65.8 Å². The maximum atomic E-state index is 12.7. The molecule has 0 saturated carbocycles. The molecule has 1 heterocycles. The van der Waals surface area contributed by atoms with Crippen molar-refractivity contribution in [3.05, 3.63) is 77.4 Å². The number of hydrogen-bond acceptors (Lipinski definition) is 8. The zero-order chi connectivity index (χ0) is 29.6. The summed E-state index contributed by atoms with van der Waals surface area (Å²) in [5, 5.41) is 13.6. The first-order valence-corrected chi connectivity index (χ1v) is 14.0. The van der Waals surface area contributed by atoms with Crippen LogP contribution >= 0.6 is 11.8 Å². The molecular formula is C31H35N5O4S. The lowest BCUT2D eigenvalue weighted by Crippen LogP contribution is -2.20. The number of carbonyl (C=O) groups excluding carboxylic acids is 1. The van der Waals surface area contributed by atoms with Gasteiger partial charge in [0.05, 0.1) is 33.3 Å². The Bertz CT molecular complexity index is 1500. The highest BCUT2D eigenvalue weighted by molar-refractivity contribution is 7.99. The van der Waals surface area contributed by atoms with Crippen LogP contribution in [0.4, 0.5) is 0 Å². The molecule has 0 aliphatic carbocycles. The van der Waals surface area contributed by atoms with Crippen molar-refractivity contribution in [2.45, 2.75) is 38.3 Å². The molecule has 0 unspecified atom stereocenters. The highest BCUT2D eigenvalue weighted by atomic mass is 32.2. The van der Waals surface area contributed by atoms with Crippen molar-refractivity contribution in [1.82, 2.24) is 20.2 Å². The topological polar surface area (TPSA) is 99.9 Å². The summed E-state index contributed by atoms with van der Waals surface area (Å²) in [7, 11) is 4.62. The summed E-state index contributed by atoms with van der Waals surface area (Å²) >= 11 is 1.29. The molecule has 10 heteroatoms. The van der Waals surface area contributed by atoms with Gasteiger partial charge in [-0.1, -0.05) is 74.5 Å². The Balaban J connectivity index is 1.51. The van der Waals surface area contributed by atoms with Gasteiger partial charge in [-0.3, -0.25) is 9.36 Å². The summed E-state index contributed by atoms with van der Waals surface area (Å²) in [6, 6.07) is 20.0. The second-order valence-corrected chi connectivity index (χ2v) is 11.3. The van der Waals surface area contributed by atoms with Crippen molar-refractivity contribution >= 4 is 23.9 Å². The van der Waals surface area contributed by atoms with E-state index in [1.165, 1.54) is 30.6 Å². The summed E-state index contributed by atoms with van der Waals surface area (Å²) in [5.41, 5.74) is 7.54. The van der Waals surface area contributed by atoms with Crippen LogP contribution in [0, 0.1) is 6.92 Å². The molecule has 0 aliphatic heterocycles. The highest BCUT2D eigenvalue weighted by Crippen LogP contribution is 2.37. The average molecular weight is 574 g/mol. The summed E-state index contributed by atoms with van der Waals surface area (Å²) in [6.07, 6.45) is 1.52. The van der Waals surface area contributed by atoms with Gasteiger partial charge in [0.2, 0.25) is 5.75 Å². The molecule has 3 aromatic carbocycles. The second kappa shape index (κ2) is 12.9. The Morgan fingerprint density at radius 3 is 2.15 bits per heavy atom. The van der Waals surface area contributed by atoms with E-state index in [0.717, 1.165) is 16.8 Å². The van der Waals surface area contributed by atoms with E-state index in [0.29, 0.717) is 33.8 Å². The molecular weight excluding hydrogens is 538 g/mol. The molecule has 0 aliphatic rings. The van der Waals surface area contributed by atoms with Gasteiger partial charge in [0.1, 0.15) is 0 Å². The number of benzene rings is 3. The largest absolute Gasteiger partial charge is 0.493 e. The van der Waals surface area contributed by atoms with Crippen LogP contribution in [-0.2, 0) is 10.2 Å². The molecule has 4 aromatic rings. The first-order chi connectivity index (χ1) is 19.6. The lowest BCUT2D eigenvalue weighted by Gasteiger charge is -2.19. The van der Waals surface area contributed by atoms with Gasteiger partial charge >= 0.3 is 0 Å². The molecule has 214 valence electrons. The van der Waals surface area contributed by atoms with Crippen molar-refractivity contribution in [2.75, 3.05) is 27.1 Å². The monoisotopic (exact) mass is 573 g/mol. The fourth-order valence-corrected chi connectivity index (χ4v) is 4.86. The molecule has 0 saturated heterocycles. The molecule has 0 atom stereocenters. The minimum Gasteiger partial charge on any atom is -0.493 e. The smallest absolute Gasteiger partial charge is 0.250 e. The predicted molar refractivity (Wildman–Crippen MR) is 163 cm³/mol. The number of hydrazone groups is 1. The van der Waals surface area contributed by atoms with Crippen molar-refractivity contribution < 1.29 is 19.0 Å². The molecule has 9 nitrogen and oxygen atoms in total. The van der Waals surface area contributed by atoms with Crippen LogP contribution in [0.3, 0.4) is 0 Å². The Hall–Kier alpha value is -4.31. The van der Waals surface area contributed by atoms with Crippen LogP contribution in [0.25, 0.3) is 17.1 Å². The maximum absolute atomic E-state index is 12.7. The third-order valence-corrected chi connectivity index (χ3v) is 7.29. The third kappa shape index (κ3) is 7.07. The molecule has 0 spiro atoms. The second-order valence-electron chi connectivity index (χ2n) is 10.3. The van der Waals surface area contributed by atoms with Gasteiger partial charge in [0, 0.05) is 16.8 Å². The number of aromatic nitrogens is 3. The van der Waals surface area contributed by atoms with Crippen molar-refractivity contribution in [2.24, 2.45) is 5.10 Å². The Morgan fingerprint density at radius 1 is 0.951 bits per heavy atom. The quantitative estimate of drug-likeness (QED) is 0.145. The minimum absolute atomic E-state index is 0.0472. The number of aryl methyl sites for hydroxylation is 1. The predicted octanol–water partition coefficient (Wildman–Crippen LogP) is 5.81. The number of carbonyl (C=O) groups is 1. The van der Waals surface area contributed by atoms with Gasteiger partial charge in [-0.05, 0) is 42.2 Å². The van der Waals surface area contributed by atoms with E-state index < -0.39 is 0 Å². The van der Waals surface area contributed by atoms with E-state index in [4.69, 9.17) is 14.2 Å². The van der Waals surface area contributed by atoms with Gasteiger partial charge in [-0.2, -0.15) is 5.10 Å². The van der Waals surface area contributed by atoms with Crippen LogP contribution < -0.4 is 19.6 Å². The van der Waals surface area contributed by atoms with Gasteiger partial charge in [-0.15, -0.1) is 10.2 Å². The number of nitrogens with one attached hydrogen (secondary N) is 1. The summed E-state index contributed by atoms with van der Waals surface area (Å²) in [5.74, 6) is 1.99. The molecule has 41 heavy (non-hydrogen) atoms. The molecule has 0 bridgehead atoms. The number of thioether (sulfide) groups is 1. The van der Waals surface area contributed by atoms with Gasteiger partial charge in [-0.25, -0.2) is 5.43 Å². The van der Waals surface area contributed by atoms with E-state index in [1.807, 2.05) is 35.8 Å². The molecule has 0 fully saturated rings. The van der Waals surface area contributed by atoms with Crippen LogP contribution in [0.2, 0.25) is 0 Å². The lowest BCUT2D eigenvalue weighted by molar-refractivity contribution is -0.118. The standard InChI is InChI=1S/C31H35N5O4S/c1-20-8-14-24(15-9-20)36-29(22-10-12-23(13-11-22)31(2,3)4)34-35-30(36)41-19-27(37)33-32-18-21-16-25(38-5)28(40-7)26(17-21)39-6/h8-18H,19H2,1-7H3,(H,33,37)/b32-18-. The van der Waals surface area contributed by atoms with Crippen molar-refractivity contribution in [3.8, 4) is 34.3 Å². The molecule has 1 N–H and O–H groups in total. The number of methoxy groups -OCH3 is 3. The number of hydrogen-bond donors (Lipinski definition) is 1. The van der Waals surface area contributed by atoms with Crippen LogP contribution in [0.5, 0.6) is 17.2 Å². The Labute approximate surface area is 244 Å². The van der Waals surface area contributed by atoms with E-state index in [9.17, 15) is 4.79 Å². The lowest BCUT2D eigenvalue weighted by atomic mass is 9.87. The summed E-state index contributed by atoms with van der Waals surface area (Å²) < 4.78 is 18.1. The minimum atomic E-state index is -0.284.